The van der Waals surface area contributed by atoms with E-state index in [2.05, 4.69) is 24.5 Å². The Balaban J connectivity index is 1.72. The highest BCUT2D eigenvalue weighted by Gasteiger charge is 2.26. The highest BCUT2D eigenvalue weighted by Crippen LogP contribution is 2.18. The number of quaternary nitrogens is 2. The van der Waals surface area contributed by atoms with Crippen molar-refractivity contribution in [2.24, 2.45) is 0 Å². The number of carbonyl (C=O) groups excluding carboxylic acids is 2. The summed E-state index contributed by atoms with van der Waals surface area (Å²) in [5.74, 6) is 0.208. The average Bonchev–Trinajstić information content (AvgIpc) is 2.60. The molecule has 6 nitrogen and oxygen atoms in total. The number of para-hydroxylation sites is 1. The van der Waals surface area contributed by atoms with E-state index in [1.54, 1.807) is 0 Å². The summed E-state index contributed by atoms with van der Waals surface area (Å²) in [5.41, 5.74) is 3.12. The molecule has 2 rings (SSSR count). The third-order valence-corrected chi connectivity index (χ3v) is 5.36. The van der Waals surface area contributed by atoms with E-state index in [0.717, 1.165) is 55.8 Å². The number of carbonyl (C=O) groups is 2. The van der Waals surface area contributed by atoms with Gasteiger partial charge in [-0.1, -0.05) is 31.5 Å². The second kappa shape index (κ2) is 10.4. The van der Waals surface area contributed by atoms with Crippen molar-refractivity contribution in [3.8, 4) is 0 Å². The highest BCUT2D eigenvalue weighted by atomic mass is 16.2. The first-order chi connectivity index (χ1) is 12.9. The molecule has 1 saturated heterocycles. The molecule has 1 fully saturated rings. The van der Waals surface area contributed by atoms with Crippen LogP contribution in [0.3, 0.4) is 0 Å². The zero-order chi connectivity index (χ0) is 19.8. The van der Waals surface area contributed by atoms with Crippen LogP contribution < -0.4 is 20.4 Å². The number of amides is 2. The van der Waals surface area contributed by atoms with E-state index >= 15 is 0 Å². The van der Waals surface area contributed by atoms with Gasteiger partial charge in [-0.15, -0.1) is 0 Å². The number of nitrogens with one attached hydrogen (secondary N) is 4. The van der Waals surface area contributed by atoms with Crippen LogP contribution in [0, 0.1) is 13.8 Å². The molecule has 1 aliphatic rings. The summed E-state index contributed by atoms with van der Waals surface area (Å²) in [4.78, 5) is 27.2. The molecular weight excluding hydrogens is 340 g/mol. The minimum absolute atomic E-state index is 0.0667. The Morgan fingerprint density at radius 1 is 1.00 bits per heavy atom. The quantitative estimate of drug-likeness (QED) is 0.486. The Hall–Kier alpha value is -1.92. The van der Waals surface area contributed by atoms with Crippen LogP contribution in [0.1, 0.15) is 37.8 Å². The van der Waals surface area contributed by atoms with Gasteiger partial charge >= 0.3 is 0 Å². The predicted octanol–water partition coefficient (Wildman–Crippen LogP) is -0.670. The van der Waals surface area contributed by atoms with E-state index in [1.807, 2.05) is 32.0 Å². The molecule has 6 heteroatoms. The summed E-state index contributed by atoms with van der Waals surface area (Å²) in [6, 6.07) is 6.29. The van der Waals surface area contributed by atoms with Crippen molar-refractivity contribution in [3.05, 3.63) is 29.3 Å². The Kier molecular flexibility index (Phi) is 8.25. The lowest BCUT2D eigenvalue weighted by atomic mass is 10.1. The van der Waals surface area contributed by atoms with Gasteiger partial charge in [0.15, 0.2) is 13.1 Å². The summed E-state index contributed by atoms with van der Waals surface area (Å²) in [7, 11) is 0. The maximum atomic E-state index is 12.4. The lowest BCUT2D eigenvalue weighted by Crippen LogP contribution is -3.28. The number of benzene rings is 1. The van der Waals surface area contributed by atoms with Crippen LogP contribution in [0.2, 0.25) is 0 Å². The smallest absolute Gasteiger partial charge is 0.279 e. The maximum absolute atomic E-state index is 12.4. The molecule has 0 aliphatic carbocycles. The summed E-state index contributed by atoms with van der Waals surface area (Å²) in [6.07, 6.45) is 2.11. The Bertz CT molecular complexity index is 619. The van der Waals surface area contributed by atoms with Gasteiger partial charge in [-0.25, -0.2) is 0 Å². The standard InChI is InChI=1S/C21H34N4O2/c1-5-7-18(4)22-19(26)14-24-10-12-25(13-11-24)15-20(27)23-21-16(2)8-6-9-17(21)3/h6,8-9,18H,5,7,10-15H2,1-4H3,(H,22,26)(H,23,27)/p+2/t18-/m0/s1. The summed E-state index contributed by atoms with van der Waals surface area (Å²) < 4.78 is 0. The molecule has 1 heterocycles. The fraction of sp³-hybridized carbons (Fsp3) is 0.619. The fourth-order valence-corrected chi connectivity index (χ4v) is 3.79. The van der Waals surface area contributed by atoms with Crippen LogP contribution in [0.5, 0.6) is 0 Å². The minimum atomic E-state index is 0.0667. The van der Waals surface area contributed by atoms with Crippen molar-refractivity contribution in [3.63, 3.8) is 0 Å². The van der Waals surface area contributed by atoms with E-state index in [-0.39, 0.29) is 17.9 Å². The average molecular weight is 377 g/mol. The number of piperazine rings is 1. The molecule has 1 atom stereocenters. The second-order valence-corrected chi connectivity index (χ2v) is 7.93. The molecule has 0 saturated carbocycles. The zero-order valence-corrected chi connectivity index (χ0v) is 17.3. The second-order valence-electron chi connectivity index (χ2n) is 7.93. The number of rotatable bonds is 8. The van der Waals surface area contributed by atoms with Crippen molar-refractivity contribution in [2.45, 2.75) is 46.6 Å². The van der Waals surface area contributed by atoms with Gasteiger partial charge in [0, 0.05) is 11.7 Å². The van der Waals surface area contributed by atoms with Gasteiger partial charge in [0.05, 0.1) is 0 Å². The van der Waals surface area contributed by atoms with E-state index < -0.39 is 0 Å². The Labute approximate surface area is 163 Å². The summed E-state index contributed by atoms with van der Waals surface area (Å²) >= 11 is 0. The maximum Gasteiger partial charge on any atom is 0.279 e. The van der Waals surface area contributed by atoms with Gasteiger partial charge in [-0.05, 0) is 38.3 Å². The molecule has 0 aromatic heterocycles. The largest absolute Gasteiger partial charge is 0.349 e. The molecule has 1 aromatic rings. The van der Waals surface area contributed by atoms with E-state index in [1.165, 1.54) is 9.80 Å². The summed E-state index contributed by atoms with van der Waals surface area (Å²) in [6.45, 7) is 13.0. The Morgan fingerprint density at radius 2 is 1.52 bits per heavy atom. The molecule has 1 aliphatic heterocycles. The highest BCUT2D eigenvalue weighted by molar-refractivity contribution is 5.93. The monoisotopic (exact) mass is 376 g/mol. The molecule has 4 N–H and O–H groups in total. The first-order valence-electron chi connectivity index (χ1n) is 10.2. The molecule has 2 amide bonds. The van der Waals surface area contributed by atoms with Crippen LogP contribution in [0.25, 0.3) is 0 Å². The van der Waals surface area contributed by atoms with Gasteiger partial charge in [0.1, 0.15) is 26.2 Å². The van der Waals surface area contributed by atoms with Crippen LogP contribution in [-0.4, -0.2) is 57.1 Å². The van der Waals surface area contributed by atoms with Crippen molar-refractivity contribution in [1.29, 1.82) is 0 Å². The van der Waals surface area contributed by atoms with E-state index in [9.17, 15) is 9.59 Å². The normalized spacial score (nSPS) is 20.7. The van der Waals surface area contributed by atoms with Gasteiger partial charge < -0.3 is 20.4 Å². The zero-order valence-electron chi connectivity index (χ0n) is 17.3. The minimum Gasteiger partial charge on any atom is -0.349 e. The molecule has 27 heavy (non-hydrogen) atoms. The van der Waals surface area contributed by atoms with Crippen molar-refractivity contribution in [2.75, 3.05) is 44.6 Å². The SMILES string of the molecule is CCC[C@H](C)NC(=O)C[NH+]1CC[NH+](CC(=O)Nc2c(C)cccc2C)CC1. The number of anilines is 1. The lowest BCUT2D eigenvalue weighted by Gasteiger charge is -2.29. The first kappa shape index (κ1) is 21.4. The van der Waals surface area contributed by atoms with Crippen molar-refractivity contribution < 1.29 is 19.4 Å². The van der Waals surface area contributed by atoms with Crippen molar-refractivity contribution in [1.82, 2.24) is 5.32 Å². The third-order valence-electron chi connectivity index (χ3n) is 5.36. The molecule has 0 unspecified atom stereocenters. The topological polar surface area (TPSA) is 67.1 Å². The van der Waals surface area contributed by atoms with E-state index in [4.69, 9.17) is 0 Å². The first-order valence-corrected chi connectivity index (χ1v) is 10.2. The molecule has 0 bridgehead atoms. The van der Waals surface area contributed by atoms with Gasteiger partial charge in [-0.2, -0.15) is 0 Å². The fourth-order valence-electron chi connectivity index (χ4n) is 3.79. The van der Waals surface area contributed by atoms with Gasteiger partial charge in [0.25, 0.3) is 11.8 Å². The molecule has 0 spiro atoms. The molecule has 0 radical (unpaired) electrons. The van der Waals surface area contributed by atoms with Crippen LogP contribution >= 0.6 is 0 Å². The van der Waals surface area contributed by atoms with Gasteiger partial charge in [0.2, 0.25) is 0 Å². The number of hydrogen-bond donors (Lipinski definition) is 4. The molecule has 1 aromatic carbocycles. The van der Waals surface area contributed by atoms with Crippen molar-refractivity contribution >= 4 is 17.5 Å². The predicted molar refractivity (Wildman–Crippen MR) is 108 cm³/mol. The van der Waals surface area contributed by atoms with Crippen LogP contribution in [0.4, 0.5) is 5.69 Å². The third kappa shape index (κ3) is 6.96. The number of hydrogen-bond acceptors (Lipinski definition) is 2. The summed E-state index contributed by atoms with van der Waals surface area (Å²) in [5, 5.41) is 6.15. The van der Waals surface area contributed by atoms with Crippen LogP contribution in [0.15, 0.2) is 18.2 Å². The Morgan fingerprint density at radius 3 is 2.04 bits per heavy atom. The van der Waals surface area contributed by atoms with E-state index in [0.29, 0.717) is 13.1 Å². The van der Waals surface area contributed by atoms with Crippen LogP contribution in [-0.2, 0) is 9.59 Å². The van der Waals surface area contributed by atoms with Gasteiger partial charge in [-0.3, -0.25) is 9.59 Å². The number of aryl methyl sites for hydroxylation is 2. The lowest BCUT2D eigenvalue weighted by molar-refractivity contribution is -1.00. The molecule has 150 valence electrons. The molecular formula is C21H36N4O2+2.